The zero-order valence-corrected chi connectivity index (χ0v) is 15.9. The Morgan fingerprint density at radius 1 is 1.07 bits per heavy atom. The quantitative estimate of drug-likeness (QED) is 0.579. The molecule has 27 heavy (non-hydrogen) atoms. The van der Waals surface area contributed by atoms with Crippen LogP contribution in [0.5, 0.6) is 5.75 Å². The highest BCUT2D eigenvalue weighted by Gasteiger charge is 2.10. The lowest BCUT2D eigenvalue weighted by Gasteiger charge is -2.13. The third-order valence-electron chi connectivity index (χ3n) is 3.81. The number of aromatic nitrogens is 2. The average Bonchev–Trinajstić information content (AvgIpc) is 2.66. The SMILES string of the molecule is O=c1c2cc(Cl)ccc2ncn1C[C@@H](O)COCCOc1ccc(Cl)cc1. The summed E-state index contributed by atoms with van der Waals surface area (Å²) in [5, 5.41) is 11.6. The van der Waals surface area contributed by atoms with Crippen LogP contribution in [0.25, 0.3) is 10.9 Å². The molecule has 142 valence electrons. The normalized spacial score (nSPS) is 12.3. The summed E-state index contributed by atoms with van der Waals surface area (Å²) in [6, 6.07) is 11.9. The monoisotopic (exact) mass is 408 g/mol. The third-order valence-corrected chi connectivity index (χ3v) is 4.30. The van der Waals surface area contributed by atoms with E-state index in [-0.39, 0.29) is 18.7 Å². The summed E-state index contributed by atoms with van der Waals surface area (Å²) in [6.45, 7) is 0.792. The van der Waals surface area contributed by atoms with Crippen molar-refractivity contribution in [3.05, 3.63) is 69.2 Å². The van der Waals surface area contributed by atoms with Gasteiger partial charge >= 0.3 is 0 Å². The largest absolute Gasteiger partial charge is 0.491 e. The van der Waals surface area contributed by atoms with E-state index in [1.165, 1.54) is 10.9 Å². The van der Waals surface area contributed by atoms with E-state index < -0.39 is 6.10 Å². The van der Waals surface area contributed by atoms with E-state index in [2.05, 4.69) is 4.98 Å². The first-order valence-electron chi connectivity index (χ1n) is 8.32. The van der Waals surface area contributed by atoms with Gasteiger partial charge in [0.1, 0.15) is 12.4 Å². The smallest absolute Gasteiger partial charge is 0.261 e. The number of hydrogen-bond acceptors (Lipinski definition) is 5. The molecule has 6 nitrogen and oxygen atoms in total. The first-order valence-corrected chi connectivity index (χ1v) is 9.07. The van der Waals surface area contributed by atoms with Gasteiger partial charge in [0.25, 0.3) is 5.56 Å². The summed E-state index contributed by atoms with van der Waals surface area (Å²) in [5.41, 5.74) is 0.304. The van der Waals surface area contributed by atoms with E-state index >= 15 is 0 Å². The van der Waals surface area contributed by atoms with Gasteiger partial charge in [0.05, 0.1) is 43.1 Å². The van der Waals surface area contributed by atoms with Gasteiger partial charge in [-0.1, -0.05) is 23.2 Å². The Labute approximate surface area is 165 Å². The number of fused-ring (bicyclic) bond motifs is 1. The number of halogens is 2. The van der Waals surface area contributed by atoms with Gasteiger partial charge < -0.3 is 14.6 Å². The molecule has 3 aromatic rings. The van der Waals surface area contributed by atoms with Gasteiger partial charge in [-0.25, -0.2) is 4.98 Å². The Morgan fingerprint density at radius 3 is 2.59 bits per heavy atom. The van der Waals surface area contributed by atoms with Crippen molar-refractivity contribution < 1.29 is 14.6 Å². The first-order chi connectivity index (χ1) is 13.0. The Hall–Kier alpha value is -2.12. The predicted molar refractivity (Wildman–Crippen MR) is 105 cm³/mol. The van der Waals surface area contributed by atoms with Crippen molar-refractivity contribution >= 4 is 34.1 Å². The minimum absolute atomic E-state index is 0.0734. The number of ether oxygens (including phenoxy) is 2. The molecule has 0 saturated heterocycles. The van der Waals surface area contributed by atoms with Crippen molar-refractivity contribution in [2.45, 2.75) is 12.6 Å². The molecule has 0 unspecified atom stereocenters. The van der Waals surface area contributed by atoms with Crippen LogP contribution in [0.15, 0.2) is 53.6 Å². The van der Waals surface area contributed by atoms with Crippen LogP contribution in [-0.4, -0.2) is 40.6 Å². The maximum absolute atomic E-state index is 12.5. The Bertz CT molecular complexity index is 960. The van der Waals surface area contributed by atoms with Crippen LogP contribution in [0.3, 0.4) is 0 Å². The van der Waals surface area contributed by atoms with Gasteiger partial charge in [0.15, 0.2) is 0 Å². The molecule has 0 bridgehead atoms. The van der Waals surface area contributed by atoms with Crippen LogP contribution in [0.4, 0.5) is 0 Å². The molecular weight excluding hydrogens is 391 g/mol. The molecule has 2 aromatic carbocycles. The lowest BCUT2D eigenvalue weighted by Crippen LogP contribution is -2.30. The van der Waals surface area contributed by atoms with Crippen LogP contribution in [-0.2, 0) is 11.3 Å². The Morgan fingerprint density at radius 2 is 1.81 bits per heavy atom. The molecule has 0 aliphatic carbocycles. The maximum atomic E-state index is 12.5. The van der Waals surface area contributed by atoms with Gasteiger partial charge in [0, 0.05) is 10.0 Å². The minimum atomic E-state index is -0.850. The fraction of sp³-hybridized carbons (Fsp3) is 0.263. The van der Waals surface area contributed by atoms with Gasteiger partial charge in [-0.15, -0.1) is 0 Å². The fourth-order valence-electron chi connectivity index (χ4n) is 2.51. The molecule has 1 aromatic heterocycles. The number of benzene rings is 2. The van der Waals surface area contributed by atoms with E-state index in [1.807, 2.05) is 0 Å². The molecule has 0 aliphatic heterocycles. The lowest BCUT2D eigenvalue weighted by atomic mass is 10.2. The van der Waals surface area contributed by atoms with Crippen molar-refractivity contribution in [2.75, 3.05) is 19.8 Å². The molecule has 0 spiro atoms. The number of nitrogens with zero attached hydrogens (tertiary/aromatic N) is 2. The summed E-state index contributed by atoms with van der Waals surface area (Å²) in [6.07, 6.45) is 0.558. The molecule has 0 aliphatic rings. The Balaban J connectivity index is 1.47. The zero-order valence-electron chi connectivity index (χ0n) is 14.3. The van der Waals surface area contributed by atoms with Crippen LogP contribution in [0, 0.1) is 0 Å². The van der Waals surface area contributed by atoms with Gasteiger partial charge in [-0.3, -0.25) is 9.36 Å². The first kappa shape index (κ1) is 19.6. The molecule has 0 fully saturated rings. The van der Waals surface area contributed by atoms with Crippen molar-refractivity contribution in [3.63, 3.8) is 0 Å². The highest BCUT2D eigenvalue weighted by atomic mass is 35.5. The van der Waals surface area contributed by atoms with Gasteiger partial charge in [-0.2, -0.15) is 0 Å². The number of aliphatic hydroxyl groups excluding tert-OH is 1. The number of hydrogen-bond donors (Lipinski definition) is 1. The van der Waals surface area contributed by atoms with Gasteiger partial charge in [-0.05, 0) is 42.5 Å². The summed E-state index contributed by atoms with van der Waals surface area (Å²) >= 11 is 11.7. The predicted octanol–water partition coefficient (Wildman–Crippen LogP) is 3.16. The number of rotatable bonds is 8. The van der Waals surface area contributed by atoms with E-state index in [0.717, 1.165) is 0 Å². The van der Waals surface area contributed by atoms with Crippen LogP contribution < -0.4 is 10.3 Å². The summed E-state index contributed by atoms with van der Waals surface area (Å²) in [7, 11) is 0. The maximum Gasteiger partial charge on any atom is 0.261 e. The fourth-order valence-corrected chi connectivity index (χ4v) is 2.81. The molecule has 1 atom stereocenters. The van der Waals surface area contributed by atoms with Crippen LogP contribution in [0.2, 0.25) is 10.0 Å². The average molecular weight is 409 g/mol. The second-order valence-corrected chi connectivity index (χ2v) is 6.77. The van der Waals surface area contributed by atoms with E-state index in [1.54, 1.807) is 42.5 Å². The highest BCUT2D eigenvalue weighted by molar-refractivity contribution is 6.31. The highest BCUT2D eigenvalue weighted by Crippen LogP contribution is 2.15. The molecule has 0 saturated carbocycles. The summed E-state index contributed by atoms with van der Waals surface area (Å²) in [4.78, 5) is 16.7. The summed E-state index contributed by atoms with van der Waals surface area (Å²) in [5.74, 6) is 0.691. The van der Waals surface area contributed by atoms with E-state index in [9.17, 15) is 9.90 Å². The standard InChI is InChI=1S/C19H18Cl2N2O4/c20-13-1-4-16(5-2-13)27-8-7-26-11-15(24)10-23-12-22-18-6-3-14(21)9-17(18)19(23)25/h1-6,9,12,15,24H,7-8,10-11H2/t15-/m1/s1. The van der Waals surface area contributed by atoms with Crippen LogP contribution in [0.1, 0.15) is 0 Å². The summed E-state index contributed by atoms with van der Waals surface area (Å²) < 4.78 is 12.2. The molecule has 1 heterocycles. The molecule has 3 rings (SSSR count). The lowest BCUT2D eigenvalue weighted by molar-refractivity contribution is 0.0169. The van der Waals surface area contributed by atoms with Gasteiger partial charge in [0.2, 0.25) is 0 Å². The second kappa shape index (κ2) is 9.19. The third kappa shape index (κ3) is 5.43. The topological polar surface area (TPSA) is 73.6 Å². The molecule has 1 N–H and O–H groups in total. The van der Waals surface area contributed by atoms with E-state index in [4.69, 9.17) is 32.7 Å². The molecule has 0 radical (unpaired) electrons. The Kier molecular flexibility index (Phi) is 6.68. The zero-order chi connectivity index (χ0) is 19.2. The van der Waals surface area contributed by atoms with Crippen molar-refractivity contribution in [1.29, 1.82) is 0 Å². The van der Waals surface area contributed by atoms with Crippen molar-refractivity contribution in [1.82, 2.24) is 9.55 Å². The minimum Gasteiger partial charge on any atom is -0.491 e. The van der Waals surface area contributed by atoms with E-state index in [0.29, 0.717) is 39.9 Å². The molecular formula is C19H18Cl2N2O4. The second-order valence-electron chi connectivity index (χ2n) is 5.89. The van der Waals surface area contributed by atoms with Crippen molar-refractivity contribution in [3.8, 4) is 5.75 Å². The van der Waals surface area contributed by atoms with Crippen molar-refractivity contribution in [2.24, 2.45) is 0 Å². The molecule has 8 heteroatoms. The van der Waals surface area contributed by atoms with Crippen LogP contribution >= 0.6 is 23.2 Å². The molecule has 0 amide bonds. The number of aliphatic hydroxyl groups is 1.